The average Bonchev–Trinajstić information content (AvgIpc) is 2.40. The largest absolute Gasteiger partial charge is 0.457 e. The van der Waals surface area contributed by atoms with Crippen LogP contribution in [0.3, 0.4) is 0 Å². The van der Waals surface area contributed by atoms with E-state index in [-0.39, 0.29) is 11.4 Å². The lowest BCUT2D eigenvalue weighted by atomic mass is 10.2. The molecule has 0 unspecified atom stereocenters. The maximum absolute atomic E-state index is 13.3. The highest BCUT2D eigenvalue weighted by molar-refractivity contribution is 5.41. The minimum atomic E-state index is -0.707. The molecule has 2 rings (SSSR count). The van der Waals surface area contributed by atoms with Gasteiger partial charge in [0.25, 0.3) is 5.69 Å². The highest BCUT2D eigenvalue weighted by Crippen LogP contribution is 2.26. The molecule has 0 bridgehead atoms. The minimum Gasteiger partial charge on any atom is -0.457 e. The normalized spacial score (nSPS) is 10.3. The third-order valence-corrected chi connectivity index (χ3v) is 2.61. The lowest BCUT2D eigenvalue weighted by molar-refractivity contribution is -0.385. The molecule has 6 heteroatoms. The molecular weight excluding hydrogens is 263 g/mol. The number of nitro groups is 1. The van der Waals surface area contributed by atoms with Gasteiger partial charge in [-0.25, -0.2) is 4.39 Å². The number of benzene rings is 2. The molecule has 0 aliphatic heterocycles. The number of ether oxygens (including phenoxy) is 1. The number of nitro benzene ring substituents is 1. The molecule has 0 spiro atoms. The van der Waals surface area contributed by atoms with E-state index in [1.807, 2.05) is 19.2 Å². The van der Waals surface area contributed by atoms with Gasteiger partial charge in [-0.05, 0) is 24.7 Å². The highest BCUT2D eigenvalue weighted by atomic mass is 19.1. The fourth-order valence-corrected chi connectivity index (χ4v) is 1.73. The number of nitrogens with zero attached hydrogens (tertiary/aromatic N) is 1. The van der Waals surface area contributed by atoms with Gasteiger partial charge in [0.15, 0.2) is 0 Å². The van der Waals surface area contributed by atoms with Crippen LogP contribution in [0.2, 0.25) is 0 Å². The molecule has 1 N–H and O–H groups in total. The van der Waals surface area contributed by atoms with Crippen molar-refractivity contribution in [3.8, 4) is 11.5 Å². The van der Waals surface area contributed by atoms with E-state index in [0.29, 0.717) is 5.75 Å². The van der Waals surface area contributed by atoms with E-state index < -0.39 is 10.7 Å². The van der Waals surface area contributed by atoms with Crippen molar-refractivity contribution < 1.29 is 14.1 Å². The molecule has 0 heterocycles. The van der Waals surface area contributed by atoms with Crippen molar-refractivity contribution in [3.63, 3.8) is 0 Å². The molecule has 0 fully saturated rings. The molecule has 0 saturated heterocycles. The zero-order valence-corrected chi connectivity index (χ0v) is 10.8. The van der Waals surface area contributed by atoms with Crippen molar-refractivity contribution in [2.45, 2.75) is 6.54 Å². The van der Waals surface area contributed by atoms with Crippen molar-refractivity contribution in [2.75, 3.05) is 7.05 Å². The molecule has 2 aromatic rings. The van der Waals surface area contributed by atoms with Gasteiger partial charge in [0.2, 0.25) is 0 Å². The number of nitrogens with one attached hydrogen (secondary N) is 1. The summed E-state index contributed by atoms with van der Waals surface area (Å²) in [5.41, 5.74) is 0.733. The van der Waals surface area contributed by atoms with Gasteiger partial charge in [0, 0.05) is 12.6 Å². The molecule has 104 valence electrons. The summed E-state index contributed by atoms with van der Waals surface area (Å²) in [4.78, 5) is 9.99. The molecule has 0 aliphatic rings. The van der Waals surface area contributed by atoms with Crippen LogP contribution < -0.4 is 10.1 Å². The molecule has 0 atom stereocenters. The van der Waals surface area contributed by atoms with Crippen LogP contribution in [0.5, 0.6) is 11.5 Å². The molecule has 0 amide bonds. The van der Waals surface area contributed by atoms with Crippen LogP contribution in [0.25, 0.3) is 0 Å². The average molecular weight is 276 g/mol. The fraction of sp³-hybridized carbons (Fsp3) is 0.143. The SMILES string of the molecule is CNCc1ccc(Oc2cc(F)cc([N+](=O)[O-])c2)cc1. The molecular formula is C14H13FN2O3. The second-order valence-electron chi connectivity index (χ2n) is 4.18. The van der Waals surface area contributed by atoms with Gasteiger partial charge >= 0.3 is 0 Å². The van der Waals surface area contributed by atoms with E-state index in [4.69, 9.17) is 4.74 Å². The van der Waals surface area contributed by atoms with E-state index in [9.17, 15) is 14.5 Å². The fourth-order valence-electron chi connectivity index (χ4n) is 1.73. The topological polar surface area (TPSA) is 64.4 Å². The van der Waals surface area contributed by atoms with Crippen LogP contribution in [0.1, 0.15) is 5.56 Å². The Morgan fingerprint density at radius 1 is 1.20 bits per heavy atom. The van der Waals surface area contributed by atoms with Gasteiger partial charge < -0.3 is 10.1 Å². The Morgan fingerprint density at radius 3 is 2.50 bits per heavy atom. The summed E-state index contributed by atoms with van der Waals surface area (Å²) >= 11 is 0. The number of non-ortho nitro benzene ring substituents is 1. The molecule has 0 aliphatic carbocycles. The zero-order chi connectivity index (χ0) is 14.5. The lowest BCUT2D eigenvalue weighted by Crippen LogP contribution is -2.04. The van der Waals surface area contributed by atoms with E-state index in [1.165, 1.54) is 6.07 Å². The maximum atomic E-state index is 13.3. The Labute approximate surface area is 115 Å². The predicted octanol–water partition coefficient (Wildman–Crippen LogP) is 3.25. The van der Waals surface area contributed by atoms with Crippen molar-refractivity contribution in [1.82, 2.24) is 5.32 Å². The maximum Gasteiger partial charge on any atom is 0.276 e. The number of hydrogen-bond acceptors (Lipinski definition) is 4. The second kappa shape index (κ2) is 6.12. The van der Waals surface area contributed by atoms with Crippen LogP contribution >= 0.6 is 0 Å². The molecule has 2 aromatic carbocycles. The second-order valence-corrected chi connectivity index (χ2v) is 4.18. The Morgan fingerprint density at radius 2 is 1.90 bits per heavy atom. The van der Waals surface area contributed by atoms with Gasteiger partial charge in [0.05, 0.1) is 17.1 Å². The third kappa shape index (κ3) is 3.52. The molecule has 0 aromatic heterocycles. The smallest absolute Gasteiger partial charge is 0.276 e. The third-order valence-electron chi connectivity index (χ3n) is 2.61. The molecule has 0 saturated carbocycles. The summed E-state index contributed by atoms with van der Waals surface area (Å²) in [5.74, 6) is -0.121. The summed E-state index contributed by atoms with van der Waals surface area (Å²) in [7, 11) is 1.84. The van der Waals surface area contributed by atoms with E-state index in [1.54, 1.807) is 12.1 Å². The van der Waals surface area contributed by atoms with Crippen molar-refractivity contribution >= 4 is 5.69 Å². The van der Waals surface area contributed by atoms with Gasteiger partial charge in [-0.3, -0.25) is 10.1 Å². The van der Waals surface area contributed by atoms with E-state index in [0.717, 1.165) is 24.2 Å². The summed E-state index contributed by atoms with van der Waals surface area (Å²) < 4.78 is 18.7. The number of halogens is 1. The number of rotatable bonds is 5. The predicted molar refractivity (Wildman–Crippen MR) is 72.3 cm³/mol. The Kier molecular flexibility index (Phi) is 4.27. The van der Waals surface area contributed by atoms with Crippen LogP contribution in [-0.2, 0) is 6.54 Å². The van der Waals surface area contributed by atoms with E-state index in [2.05, 4.69) is 5.32 Å². The quantitative estimate of drug-likeness (QED) is 0.672. The van der Waals surface area contributed by atoms with Crippen LogP contribution in [0.15, 0.2) is 42.5 Å². The van der Waals surface area contributed by atoms with Gasteiger partial charge in [-0.1, -0.05) is 12.1 Å². The highest BCUT2D eigenvalue weighted by Gasteiger charge is 2.11. The molecule has 0 radical (unpaired) electrons. The van der Waals surface area contributed by atoms with Crippen LogP contribution in [-0.4, -0.2) is 12.0 Å². The van der Waals surface area contributed by atoms with E-state index >= 15 is 0 Å². The van der Waals surface area contributed by atoms with Crippen LogP contribution in [0.4, 0.5) is 10.1 Å². The molecule has 20 heavy (non-hydrogen) atoms. The van der Waals surface area contributed by atoms with Crippen molar-refractivity contribution in [3.05, 3.63) is 64.0 Å². The van der Waals surface area contributed by atoms with Crippen molar-refractivity contribution in [1.29, 1.82) is 0 Å². The summed E-state index contributed by atoms with van der Waals surface area (Å²) in [6.07, 6.45) is 0. The summed E-state index contributed by atoms with van der Waals surface area (Å²) in [6.45, 7) is 0.728. The first-order valence-corrected chi connectivity index (χ1v) is 5.95. The van der Waals surface area contributed by atoms with Crippen LogP contribution in [0, 0.1) is 15.9 Å². The van der Waals surface area contributed by atoms with Gasteiger partial charge in [-0.15, -0.1) is 0 Å². The minimum absolute atomic E-state index is 0.0954. The standard InChI is InChI=1S/C14H13FN2O3/c1-16-9-10-2-4-13(5-3-10)20-14-7-11(15)6-12(8-14)17(18)19/h2-8,16H,9H2,1H3. The summed E-state index contributed by atoms with van der Waals surface area (Å²) in [6, 6.07) is 10.3. The first-order valence-electron chi connectivity index (χ1n) is 5.95. The van der Waals surface area contributed by atoms with Crippen molar-refractivity contribution in [2.24, 2.45) is 0 Å². The molecule has 5 nitrogen and oxygen atoms in total. The first-order chi connectivity index (χ1) is 9.58. The Bertz CT molecular complexity index is 614. The lowest BCUT2D eigenvalue weighted by Gasteiger charge is -2.07. The Hall–Kier alpha value is -2.47. The Balaban J connectivity index is 2.19. The first kappa shape index (κ1) is 14.0. The zero-order valence-electron chi connectivity index (χ0n) is 10.8. The number of hydrogen-bond donors (Lipinski definition) is 1. The van der Waals surface area contributed by atoms with Gasteiger partial charge in [-0.2, -0.15) is 0 Å². The summed E-state index contributed by atoms with van der Waals surface area (Å²) in [5, 5.41) is 13.7. The monoisotopic (exact) mass is 276 g/mol. The van der Waals surface area contributed by atoms with Gasteiger partial charge in [0.1, 0.15) is 17.3 Å².